The van der Waals surface area contributed by atoms with Gasteiger partial charge in [0, 0.05) is 6.42 Å². The van der Waals surface area contributed by atoms with Crippen LogP contribution in [0.3, 0.4) is 0 Å². The average Bonchev–Trinajstić information content (AvgIpc) is 2.86. The lowest BCUT2D eigenvalue weighted by molar-refractivity contribution is 0.163. The zero-order valence-electron chi connectivity index (χ0n) is 8.43. The van der Waals surface area contributed by atoms with Crippen LogP contribution in [0.15, 0.2) is 39.6 Å². The fourth-order valence-corrected chi connectivity index (χ4v) is 2.23. The molecule has 15 heavy (non-hydrogen) atoms. The Bertz CT molecular complexity index is 364. The highest BCUT2D eigenvalue weighted by molar-refractivity contribution is 7.07. The minimum atomic E-state index is -0.273. The van der Waals surface area contributed by atoms with Gasteiger partial charge in [-0.05, 0) is 47.4 Å². The molecule has 2 aromatic heterocycles. The smallest absolute Gasteiger partial charge is 0.103 e. The molecule has 3 heteroatoms. The molecule has 80 valence electrons. The maximum absolute atomic E-state index is 9.78. The molecule has 2 rings (SSSR count). The Hall–Kier alpha value is -1.06. The second-order valence-corrected chi connectivity index (χ2v) is 4.39. The number of aryl methyl sites for hydroxylation is 1. The molecule has 0 aromatic carbocycles. The van der Waals surface area contributed by atoms with Crippen LogP contribution in [-0.2, 0) is 12.8 Å². The summed E-state index contributed by atoms with van der Waals surface area (Å²) in [6.07, 6.45) is 3.69. The van der Waals surface area contributed by atoms with Crippen molar-refractivity contribution in [3.8, 4) is 0 Å². The first-order valence-corrected chi connectivity index (χ1v) is 6.00. The van der Waals surface area contributed by atoms with Crippen LogP contribution in [0, 0.1) is 0 Å². The van der Waals surface area contributed by atoms with Crippen LogP contribution < -0.4 is 0 Å². The van der Waals surface area contributed by atoms with Gasteiger partial charge >= 0.3 is 0 Å². The maximum atomic E-state index is 9.78. The second kappa shape index (κ2) is 5.14. The second-order valence-electron chi connectivity index (χ2n) is 3.61. The summed E-state index contributed by atoms with van der Waals surface area (Å²) >= 11 is 1.67. The summed E-state index contributed by atoms with van der Waals surface area (Å²) in [5.74, 6) is 0.944. The molecule has 0 fully saturated rings. The van der Waals surface area contributed by atoms with Crippen LogP contribution in [0.25, 0.3) is 0 Å². The van der Waals surface area contributed by atoms with Gasteiger partial charge in [0.15, 0.2) is 0 Å². The van der Waals surface area contributed by atoms with E-state index in [1.54, 1.807) is 17.6 Å². The first-order chi connectivity index (χ1) is 7.34. The monoisotopic (exact) mass is 222 g/mol. The summed E-state index contributed by atoms with van der Waals surface area (Å²) < 4.78 is 5.21. The lowest BCUT2D eigenvalue weighted by Crippen LogP contribution is -2.10. The highest BCUT2D eigenvalue weighted by Gasteiger charge is 2.07. The van der Waals surface area contributed by atoms with E-state index in [9.17, 15) is 5.11 Å². The molecule has 0 aliphatic carbocycles. The molecule has 0 spiro atoms. The fourth-order valence-electron chi connectivity index (χ4n) is 1.55. The van der Waals surface area contributed by atoms with Crippen molar-refractivity contribution in [3.63, 3.8) is 0 Å². The molecule has 0 aliphatic rings. The van der Waals surface area contributed by atoms with E-state index in [2.05, 4.69) is 11.4 Å². The molecule has 1 unspecified atom stereocenters. The van der Waals surface area contributed by atoms with E-state index in [0.29, 0.717) is 0 Å². The van der Waals surface area contributed by atoms with Gasteiger partial charge in [-0.15, -0.1) is 0 Å². The van der Waals surface area contributed by atoms with Gasteiger partial charge in [0.1, 0.15) is 5.76 Å². The molecule has 1 atom stereocenters. The van der Waals surface area contributed by atoms with Crippen LogP contribution in [0.4, 0.5) is 0 Å². The standard InChI is InChI=1S/C12H14O2S/c13-11(8-10-5-7-15-9-10)3-4-12-2-1-6-14-12/h1-2,5-7,9,11,13H,3-4,8H2. The predicted octanol–water partition coefficient (Wildman–Crippen LogP) is 2.88. The zero-order valence-corrected chi connectivity index (χ0v) is 9.24. The van der Waals surface area contributed by atoms with Gasteiger partial charge in [0.25, 0.3) is 0 Å². The quantitative estimate of drug-likeness (QED) is 0.844. The summed E-state index contributed by atoms with van der Waals surface area (Å²) in [4.78, 5) is 0. The maximum Gasteiger partial charge on any atom is 0.103 e. The largest absolute Gasteiger partial charge is 0.469 e. The number of rotatable bonds is 5. The minimum Gasteiger partial charge on any atom is -0.469 e. The number of hydrogen-bond donors (Lipinski definition) is 1. The van der Waals surface area contributed by atoms with E-state index < -0.39 is 0 Å². The average molecular weight is 222 g/mol. The Morgan fingerprint density at radius 2 is 2.33 bits per heavy atom. The van der Waals surface area contributed by atoms with Gasteiger partial charge in [0.2, 0.25) is 0 Å². The molecule has 0 saturated heterocycles. The number of aliphatic hydroxyl groups excluding tert-OH is 1. The van der Waals surface area contributed by atoms with E-state index in [1.165, 1.54) is 5.56 Å². The van der Waals surface area contributed by atoms with Crippen molar-refractivity contribution in [2.24, 2.45) is 0 Å². The molecule has 0 bridgehead atoms. The molecule has 1 N–H and O–H groups in total. The lowest BCUT2D eigenvalue weighted by Gasteiger charge is -2.07. The van der Waals surface area contributed by atoms with Crippen molar-refractivity contribution in [3.05, 3.63) is 46.5 Å². The summed E-state index contributed by atoms with van der Waals surface area (Å²) in [5, 5.41) is 13.9. The van der Waals surface area contributed by atoms with E-state index >= 15 is 0 Å². The molecule has 2 heterocycles. The van der Waals surface area contributed by atoms with Crippen molar-refractivity contribution in [1.82, 2.24) is 0 Å². The topological polar surface area (TPSA) is 33.4 Å². The van der Waals surface area contributed by atoms with E-state index in [0.717, 1.165) is 25.0 Å². The van der Waals surface area contributed by atoms with Crippen molar-refractivity contribution in [2.45, 2.75) is 25.4 Å². The van der Waals surface area contributed by atoms with Crippen LogP contribution >= 0.6 is 11.3 Å². The van der Waals surface area contributed by atoms with Gasteiger partial charge < -0.3 is 9.52 Å². The van der Waals surface area contributed by atoms with Gasteiger partial charge in [-0.3, -0.25) is 0 Å². The number of aliphatic hydroxyl groups is 1. The number of thiophene rings is 1. The third kappa shape index (κ3) is 3.22. The third-order valence-electron chi connectivity index (χ3n) is 2.36. The van der Waals surface area contributed by atoms with E-state index in [-0.39, 0.29) is 6.10 Å². The third-order valence-corrected chi connectivity index (χ3v) is 3.09. The molecule has 0 amide bonds. The van der Waals surface area contributed by atoms with Gasteiger partial charge in [0.05, 0.1) is 12.4 Å². The van der Waals surface area contributed by atoms with Crippen LogP contribution in [0.5, 0.6) is 0 Å². The number of hydrogen-bond acceptors (Lipinski definition) is 3. The molecule has 0 aliphatic heterocycles. The number of furan rings is 1. The zero-order chi connectivity index (χ0) is 10.5. The van der Waals surface area contributed by atoms with Crippen molar-refractivity contribution in [1.29, 1.82) is 0 Å². The highest BCUT2D eigenvalue weighted by atomic mass is 32.1. The Balaban J connectivity index is 1.76. The molecular weight excluding hydrogens is 208 g/mol. The first kappa shape index (κ1) is 10.5. The predicted molar refractivity (Wildman–Crippen MR) is 61.1 cm³/mol. The Kier molecular flexibility index (Phi) is 3.59. The van der Waals surface area contributed by atoms with E-state index in [1.807, 2.05) is 17.5 Å². The minimum absolute atomic E-state index is 0.273. The normalized spacial score (nSPS) is 12.9. The Labute approximate surface area is 93.2 Å². The molecule has 2 nitrogen and oxygen atoms in total. The van der Waals surface area contributed by atoms with Crippen LogP contribution in [0.2, 0.25) is 0 Å². The fraction of sp³-hybridized carbons (Fsp3) is 0.333. The SMILES string of the molecule is OC(CCc1ccco1)Cc1ccsc1. The van der Waals surface area contributed by atoms with Crippen molar-refractivity contribution >= 4 is 11.3 Å². The van der Waals surface area contributed by atoms with Crippen molar-refractivity contribution < 1.29 is 9.52 Å². The molecular formula is C12H14O2S. The summed E-state index contributed by atoms with van der Waals surface area (Å²) in [5.41, 5.74) is 1.21. The summed E-state index contributed by atoms with van der Waals surface area (Å²) in [6, 6.07) is 5.87. The molecule has 0 saturated carbocycles. The van der Waals surface area contributed by atoms with E-state index in [4.69, 9.17) is 4.42 Å². The van der Waals surface area contributed by atoms with Gasteiger partial charge in [-0.2, -0.15) is 11.3 Å². The highest BCUT2D eigenvalue weighted by Crippen LogP contribution is 2.12. The Morgan fingerprint density at radius 3 is 3.00 bits per heavy atom. The molecule has 0 radical (unpaired) electrons. The van der Waals surface area contributed by atoms with Crippen molar-refractivity contribution in [2.75, 3.05) is 0 Å². The molecule has 2 aromatic rings. The van der Waals surface area contributed by atoms with Crippen LogP contribution in [0.1, 0.15) is 17.7 Å². The summed E-state index contributed by atoms with van der Waals surface area (Å²) in [7, 11) is 0. The van der Waals surface area contributed by atoms with Crippen LogP contribution in [-0.4, -0.2) is 11.2 Å². The first-order valence-electron chi connectivity index (χ1n) is 5.06. The van der Waals surface area contributed by atoms with Gasteiger partial charge in [-0.25, -0.2) is 0 Å². The Morgan fingerprint density at radius 1 is 1.40 bits per heavy atom. The lowest BCUT2D eigenvalue weighted by atomic mass is 10.1. The summed E-state index contributed by atoms with van der Waals surface area (Å²) in [6.45, 7) is 0. The van der Waals surface area contributed by atoms with Gasteiger partial charge in [-0.1, -0.05) is 0 Å².